The molecule has 0 fully saturated rings. The minimum absolute atomic E-state index is 0.0374. The predicted octanol–water partition coefficient (Wildman–Crippen LogP) is 2.57. The van der Waals surface area contributed by atoms with Gasteiger partial charge < -0.3 is 15.8 Å². The van der Waals surface area contributed by atoms with E-state index in [1.807, 2.05) is 20.8 Å². The highest BCUT2D eigenvalue weighted by molar-refractivity contribution is 7.14. The highest BCUT2D eigenvalue weighted by Crippen LogP contribution is 2.22. The normalized spacial score (nSPS) is 10.9. The molecule has 18 heavy (non-hydrogen) atoms. The maximum atomic E-state index is 11.8. The molecule has 0 aromatic carbocycles. The van der Waals surface area contributed by atoms with Crippen LogP contribution in [0, 0.1) is 6.92 Å². The van der Waals surface area contributed by atoms with Gasteiger partial charge in [0.2, 0.25) is 0 Å². The summed E-state index contributed by atoms with van der Waals surface area (Å²) < 4.78 is 5.43. The van der Waals surface area contributed by atoms with E-state index in [1.165, 1.54) is 11.3 Å². The van der Waals surface area contributed by atoms with Crippen molar-refractivity contribution in [3.63, 3.8) is 0 Å². The fourth-order valence-corrected chi connectivity index (χ4v) is 2.30. The topological polar surface area (TPSA) is 64.3 Å². The van der Waals surface area contributed by atoms with Gasteiger partial charge in [-0.25, -0.2) is 0 Å². The number of nitrogens with one attached hydrogen (secondary N) is 1. The summed E-state index contributed by atoms with van der Waals surface area (Å²) in [6.07, 6.45) is 2.17. The molecule has 1 aromatic heterocycles. The average molecular weight is 270 g/mol. The van der Waals surface area contributed by atoms with Crippen molar-refractivity contribution in [3.8, 4) is 0 Å². The molecule has 1 rings (SSSR count). The Morgan fingerprint density at radius 1 is 1.50 bits per heavy atom. The van der Waals surface area contributed by atoms with Gasteiger partial charge in [0.25, 0.3) is 5.91 Å². The third kappa shape index (κ3) is 5.06. The lowest BCUT2D eigenvalue weighted by Gasteiger charge is -2.07. The maximum absolute atomic E-state index is 11.8. The molecule has 0 spiro atoms. The lowest BCUT2D eigenvalue weighted by Crippen LogP contribution is -2.23. The third-order valence-electron chi connectivity index (χ3n) is 2.49. The van der Waals surface area contributed by atoms with E-state index in [1.54, 1.807) is 6.07 Å². The second-order valence-electron chi connectivity index (χ2n) is 4.50. The Hall–Kier alpha value is -1.07. The van der Waals surface area contributed by atoms with Crippen LogP contribution >= 0.6 is 11.3 Å². The minimum atomic E-state index is -0.0374. The summed E-state index contributed by atoms with van der Waals surface area (Å²) in [6, 6.07) is 1.73. The Balaban J connectivity index is 2.18. The smallest absolute Gasteiger partial charge is 0.261 e. The van der Waals surface area contributed by atoms with E-state index >= 15 is 0 Å². The second kappa shape index (κ2) is 7.38. The number of anilines is 1. The van der Waals surface area contributed by atoms with E-state index in [-0.39, 0.29) is 12.0 Å². The molecule has 5 heteroatoms. The van der Waals surface area contributed by atoms with Crippen molar-refractivity contribution in [3.05, 3.63) is 15.8 Å². The van der Waals surface area contributed by atoms with Crippen LogP contribution in [0.2, 0.25) is 0 Å². The second-order valence-corrected chi connectivity index (χ2v) is 5.76. The van der Waals surface area contributed by atoms with Gasteiger partial charge in [0, 0.05) is 23.7 Å². The van der Waals surface area contributed by atoms with Crippen LogP contribution in [-0.2, 0) is 4.74 Å². The van der Waals surface area contributed by atoms with Crippen molar-refractivity contribution < 1.29 is 9.53 Å². The van der Waals surface area contributed by atoms with Crippen molar-refractivity contribution in [2.24, 2.45) is 0 Å². The molecule has 1 amide bonds. The fraction of sp³-hybridized carbons (Fsp3) is 0.615. The predicted molar refractivity (Wildman–Crippen MR) is 76.1 cm³/mol. The Labute approximate surface area is 113 Å². The molecule has 0 aliphatic heterocycles. The largest absolute Gasteiger partial charge is 0.398 e. The molecule has 0 saturated carbocycles. The quantitative estimate of drug-likeness (QED) is 0.748. The van der Waals surface area contributed by atoms with Crippen LogP contribution in [0.4, 0.5) is 5.69 Å². The molecule has 0 aliphatic carbocycles. The first kappa shape index (κ1) is 15.0. The summed E-state index contributed by atoms with van der Waals surface area (Å²) in [6.45, 7) is 7.38. The van der Waals surface area contributed by atoms with Crippen molar-refractivity contribution >= 4 is 22.9 Å². The van der Waals surface area contributed by atoms with Gasteiger partial charge in [-0.2, -0.15) is 0 Å². The summed E-state index contributed by atoms with van der Waals surface area (Å²) in [5, 5.41) is 2.89. The lowest BCUT2D eigenvalue weighted by molar-refractivity contribution is 0.0754. The molecule has 0 atom stereocenters. The molecule has 4 nitrogen and oxygen atoms in total. The van der Waals surface area contributed by atoms with E-state index in [9.17, 15) is 4.79 Å². The fourth-order valence-electron chi connectivity index (χ4n) is 1.44. The molecular weight excluding hydrogens is 248 g/mol. The van der Waals surface area contributed by atoms with Crippen LogP contribution in [0.15, 0.2) is 6.07 Å². The third-order valence-corrected chi connectivity index (χ3v) is 3.55. The zero-order valence-corrected chi connectivity index (χ0v) is 12.1. The number of carbonyl (C=O) groups is 1. The van der Waals surface area contributed by atoms with Gasteiger partial charge in [0.15, 0.2) is 0 Å². The average Bonchev–Trinajstić information content (AvgIpc) is 2.63. The van der Waals surface area contributed by atoms with Crippen molar-refractivity contribution in [1.29, 1.82) is 0 Å². The summed E-state index contributed by atoms with van der Waals surface area (Å²) in [5.74, 6) is -0.0374. The van der Waals surface area contributed by atoms with Gasteiger partial charge in [-0.15, -0.1) is 11.3 Å². The number of unbranched alkanes of at least 4 members (excludes halogenated alkanes) is 1. The van der Waals surface area contributed by atoms with E-state index in [0.29, 0.717) is 17.1 Å². The van der Waals surface area contributed by atoms with Gasteiger partial charge in [-0.1, -0.05) is 0 Å². The van der Waals surface area contributed by atoms with E-state index < -0.39 is 0 Å². The number of hydrogen-bond acceptors (Lipinski definition) is 4. The standard InChI is InChI=1S/C13H22N2O2S/c1-9(2)17-7-5-4-6-15-13(16)12-8-11(14)10(3)18-12/h8-9H,4-7,14H2,1-3H3,(H,15,16). The van der Waals surface area contributed by atoms with Crippen LogP contribution in [0.25, 0.3) is 0 Å². The number of thiophene rings is 1. The number of carbonyl (C=O) groups excluding carboxylic acids is 1. The molecular formula is C13H22N2O2S. The zero-order chi connectivity index (χ0) is 13.5. The minimum Gasteiger partial charge on any atom is -0.398 e. The molecule has 1 heterocycles. The van der Waals surface area contributed by atoms with Crippen LogP contribution in [0.3, 0.4) is 0 Å². The van der Waals surface area contributed by atoms with Gasteiger partial charge >= 0.3 is 0 Å². The number of hydrogen-bond donors (Lipinski definition) is 2. The van der Waals surface area contributed by atoms with E-state index in [0.717, 1.165) is 24.3 Å². The molecule has 3 N–H and O–H groups in total. The number of ether oxygens (including phenoxy) is 1. The van der Waals surface area contributed by atoms with Gasteiger partial charge in [-0.05, 0) is 39.7 Å². The molecule has 0 saturated heterocycles. The van der Waals surface area contributed by atoms with Crippen LogP contribution in [0.5, 0.6) is 0 Å². The molecule has 0 aliphatic rings. The first-order valence-electron chi connectivity index (χ1n) is 6.26. The van der Waals surface area contributed by atoms with Crippen molar-refractivity contribution in [2.75, 3.05) is 18.9 Å². The summed E-state index contributed by atoms with van der Waals surface area (Å²) >= 11 is 1.43. The first-order valence-corrected chi connectivity index (χ1v) is 7.08. The van der Waals surface area contributed by atoms with Gasteiger partial charge in [0.1, 0.15) is 0 Å². The first-order chi connectivity index (χ1) is 8.50. The number of rotatable bonds is 7. The van der Waals surface area contributed by atoms with Crippen LogP contribution in [-0.4, -0.2) is 25.2 Å². The number of nitrogens with two attached hydrogens (primary N) is 1. The maximum Gasteiger partial charge on any atom is 0.261 e. The Morgan fingerprint density at radius 2 is 2.22 bits per heavy atom. The lowest BCUT2D eigenvalue weighted by atomic mass is 10.3. The summed E-state index contributed by atoms with van der Waals surface area (Å²) in [4.78, 5) is 13.4. The van der Waals surface area contributed by atoms with E-state index in [4.69, 9.17) is 10.5 Å². The summed E-state index contributed by atoms with van der Waals surface area (Å²) in [7, 11) is 0. The number of aryl methyl sites for hydroxylation is 1. The Bertz CT molecular complexity index is 369. The highest BCUT2D eigenvalue weighted by atomic mass is 32.1. The number of amides is 1. The highest BCUT2D eigenvalue weighted by Gasteiger charge is 2.09. The van der Waals surface area contributed by atoms with E-state index in [2.05, 4.69) is 5.32 Å². The summed E-state index contributed by atoms with van der Waals surface area (Å²) in [5.41, 5.74) is 6.41. The van der Waals surface area contributed by atoms with Gasteiger partial charge in [-0.3, -0.25) is 4.79 Å². The van der Waals surface area contributed by atoms with Crippen molar-refractivity contribution in [1.82, 2.24) is 5.32 Å². The van der Waals surface area contributed by atoms with Crippen molar-refractivity contribution in [2.45, 2.75) is 39.7 Å². The monoisotopic (exact) mass is 270 g/mol. The van der Waals surface area contributed by atoms with Crippen LogP contribution < -0.4 is 11.1 Å². The molecule has 0 unspecified atom stereocenters. The van der Waals surface area contributed by atoms with Gasteiger partial charge in [0.05, 0.1) is 11.0 Å². The molecule has 0 bridgehead atoms. The Morgan fingerprint density at radius 3 is 2.78 bits per heavy atom. The molecule has 0 radical (unpaired) electrons. The molecule has 102 valence electrons. The molecule has 1 aromatic rings. The Kier molecular flexibility index (Phi) is 6.15. The zero-order valence-electron chi connectivity index (χ0n) is 11.3. The number of nitrogen functional groups attached to an aromatic ring is 1. The SMILES string of the molecule is Cc1sc(C(=O)NCCCCOC(C)C)cc1N. The van der Waals surface area contributed by atoms with Crippen LogP contribution in [0.1, 0.15) is 41.2 Å².